The molecule has 3 aliphatic rings. The van der Waals surface area contributed by atoms with Crippen LogP contribution in [0.2, 0.25) is 0 Å². The van der Waals surface area contributed by atoms with E-state index in [0.29, 0.717) is 17.4 Å². The van der Waals surface area contributed by atoms with Gasteiger partial charge in [0, 0.05) is 17.8 Å². The lowest BCUT2D eigenvalue weighted by atomic mass is 9.75. The molecule has 1 aliphatic carbocycles. The van der Waals surface area contributed by atoms with Crippen molar-refractivity contribution in [1.29, 1.82) is 0 Å². The number of aromatic nitrogens is 1. The summed E-state index contributed by atoms with van der Waals surface area (Å²) in [6.07, 6.45) is -3.65. The highest BCUT2D eigenvalue weighted by molar-refractivity contribution is 5.94. The molecule has 1 aromatic heterocycles. The van der Waals surface area contributed by atoms with Crippen LogP contribution in [-0.4, -0.2) is 23.1 Å². The quantitative estimate of drug-likeness (QED) is 0.613. The molecule has 1 aromatic carbocycles. The first-order chi connectivity index (χ1) is 13.8. The van der Waals surface area contributed by atoms with Gasteiger partial charge in [-0.25, -0.2) is 4.98 Å². The van der Waals surface area contributed by atoms with Crippen molar-refractivity contribution in [1.82, 2.24) is 4.98 Å². The van der Waals surface area contributed by atoms with Crippen molar-refractivity contribution in [2.75, 3.05) is 5.32 Å². The topological polar surface area (TPSA) is 51.2 Å². The Balaban J connectivity index is 1.45. The predicted octanol–water partition coefficient (Wildman–Crippen LogP) is 4.24. The standard InChI is InChI=1S/C21H18F4N2O2/c1-9-14-15(9)19-17(16(18(14)29-19)10-5-6-26-13(22)7-10)20(28)27-12-4-2-3-11(8-12)21(23,24)25/h2-9,14-19H,1H3,(H,27,28)/t9?,14?,15?,16-,17+,18+,19-/m1/s1. The molecule has 3 fully saturated rings. The number of hydrogen-bond acceptors (Lipinski definition) is 3. The van der Waals surface area contributed by atoms with E-state index < -0.39 is 29.5 Å². The van der Waals surface area contributed by atoms with Crippen LogP contribution in [-0.2, 0) is 15.7 Å². The number of benzene rings is 1. The summed E-state index contributed by atoms with van der Waals surface area (Å²) in [4.78, 5) is 16.7. The number of carbonyl (C=O) groups is 1. The van der Waals surface area contributed by atoms with Gasteiger partial charge in [-0.2, -0.15) is 17.6 Å². The lowest BCUT2D eigenvalue weighted by molar-refractivity contribution is -0.137. The molecule has 3 heterocycles. The van der Waals surface area contributed by atoms with Crippen LogP contribution >= 0.6 is 0 Å². The summed E-state index contributed by atoms with van der Waals surface area (Å²) < 4.78 is 58.7. The molecule has 0 radical (unpaired) electrons. The molecule has 4 nitrogen and oxygen atoms in total. The molecular weight excluding hydrogens is 388 g/mol. The molecule has 1 N–H and O–H groups in total. The van der Waals surface area contributed by atoms with Gasteiger partial charge in [-0.3, -0.25) is 4.79 Å². The monoisotopic (exact) mass is 406 g/mol. The number of anilines is 1. The van der Waals surface area contributed by atoms with Crippen LogP contribution in [0.3, 0.4) is 0 Å². The molecule has 2 bridgehead atoms. The third kappa shape index (κ3) is 2.92. The molecule has 0 spiro atoms. The van der Waals surface area contributed by atoms with E-state index in [1.807, 2.05) is 0 Å². The van der Waals surface area contributed by atoms with E-state index >= 15 is 0 Å². The van der Waals surface area contributed by atoms with Crippen molar-refractivity contribution in [3.05, 3.63) is 59.7 Å². The van der Waals surface area contributed by atoms with Crippen LogP contribution in [0.25, 0.3) is 0 Å². The molecule has 2 aromatic rings. The first-order valence-electron chi connectivity index (χ1n) is 9.51. The normalized spacial score (nSPS) is 34.7. The van der Waals surface area contributed by atoms with Crippen LogP contribution in [0.1, 0.15) is 24.0 Å². The number of ether oxygens (including phenoxy) is 1. The number of carbonyl (C=O) groups excluding carboxylic acids is 1. The predicted molar refractivity (Wildman–Crippen MR) is 95.3 cm³/mol. The second-order valence-electron chi connectivity index (χ2n) is 8.11. The van der Waals surface area contributed by atoms with Crippen molar-refractivity contribution in [3.63, 3.8) is 0 Å². The summed E-state index contributed by atoms with van der Waals surface area (Å²) in [5, 5.41) is 2.62. The summed E-state index contributed by atoms with van der Waals surface area (Å²) in [7, 11) is 0. The van der Waals surface area contributed by atoms with E-state index in [9.17, 15) is 22.4 Å². The molecule has 7 atom stereocenters. The fourth-order valence-corrected chi connectivity index (χ4v) is 5.31. The van der Waals surface area contributed by atoms with Crippen LogP contribution in [0, 0.1) is 29.6 Å². The molecule has 8 heteroatoms. The fraction of sp³-hybridized carbons (Fsp3) is 0.429. The Morgan fingerprint density at radius 3 is 2.62 bits per heavy atom. The number of amides is 1. The van der Waals surface area contributed by atoms with Crippen LogP contribution in [0.4, 0.5) is 23.2 Å². The summed E-state index contributed by atoms with van der Waals surface area (Å²) >= 11 is 0. The molecule has 2 saturated heterocycles. The fourth-order valence-electron chi connectivity index (χ4n) is 5.31. The van der Waals surface area contributed by atoms with Gasteiger partial charge in [0.15, 0.2) is 0 Å². The van der Waals surface area contributed by atoms with Gasteiger partial charge in [0.2, 0.25) is 11.9 Å². The average molecular weight is 406 g/mol. The Morgan fingerprint density at radius 1 is 1.14 bits per heavy atom. The number of nitrogens with zero attached hydrogens (tertiary/aromatic N) is 1. The lowest BCUT2D eigenvalue weighted by Crippen LogP contribution is -2.37. The maximum atomic E-state index is 13.7. The summed E-state index contributed by atoms with van der Waals surface area (Å²) in [6, 6.07) is 7.52. The maximum Gasteiger partial charge on any atom is 0.416 e. The zero-order valence-corrected chi connectivity index (χ0v) is 15.4. The Morgan fingerprint density at radius 2 is 1.90 bits per heavy atom. The average Bonchev–Trinajstić information content (AvgIpc) is 3.03. The van der Waals surface area contributed by atoms with Gasteiger partial charge in [-0.15, -0.1) is 0 Å². The van der Waals surface area contributed by atoms with Crippen molar-refractivity contribution < 1.29 is 27.1 Å². The number of halogens is 4. The van der Waals surface area contributed by atoms with E-state index in [1.54, 1.807) is 6.07 Å². The van der Waals surface area contributed by atoms with E-state index in [2.05, 4.69) is 17.2 Å². The summed E-state index contributed by atoms with van der Waals surface area (Å²) in [6.45, 7) is 2.11. The van der Waals surface area contributed by atoms with Crippen molar-refractivity contribution in [3.8, 4) is 0 Å². The highest BCUT2D eigenvalue weighted by atomic mass is 19.4. The molecule has 29 heavy (non-hydrogen) atoms. The van der Waals surface area contributed by atoms with Gasteiger partial charge >= 0.3 is 6.18 Å². The van der Waals surface area contributed by atoms with Crippen LogP contribution in [0.15, 0.2) is 42.6 Å². The van der Waals surface area contributed by atoms with Crippen LogP contribution in [0.5, 0.6) is 0 Å². The third-order valence-corrected chi connectivity index (χ3v) is 6.58. The molecule has 2 aliphatic heterocycles. The van der Waals surface area contributed by atoms with Gasteiger partial charge in [-0.05, 0) is 53.6 Å². The Hall–Kier alpha value is -2.48. The Bertz CT molecular complexity index is 979. The van der Waals surface area contributed by atoms with Gasteiger partial charge in [-0.1, -0.05) is 13.0 Å². The lowest BCUT2D eigenvalue weighted by Gasteiger charge is -2.27. The van der Waals surface area contributed by atoms with Gasteiger partial charge < -0.3 is 10.1 Å². The molecule has 5 rings (SSSR count). The number of pyridine rings is 1. The molecular formula is C21H18F4N2O2. The van der Waals surface area contributed by atoms with Gasteiger partial charge in [0.05, 0.1) is 23.7 Å². The number of nitrogens with one attached hydrogen (secondary N) is 1. The van der Waals surface area contributed by atoms with E-state index in [0.717, 1.165) is 12.1 Å². The summed E-state index contributed by atoms with van der Waals surface area (Å²) in [5.74, 6) is -0.977. The smallest absolute Gasteiger partial charge is 0.373 e. The van der Waals surface area contributed by atoms with E-state index in [4.69, 9.17) is 4.74 Å². The van der Waals surface area contributed by atoms with Crippen molar-refractivity contribution >= 4 is 11.6 Å². The van der Waals surface area contributed by atoms with Crippen molar-refractivity contribution in [2.45, 2.75) is 31.2 Å². The van der Waals surface area contributed by atoms with Gasteiger partial charge in [0.25, 0.3) is 0 Å². The van der Waals surface area contributed by atoms with Gasteiger partial charge in [0.1, 0.15) is 0 Å². The number of rotatable bonds is 3. The van der Waals surface area contributed by atoms with E-state index in [1.165, 1.54) is 24.4 Å². The third-order valence-electron chi connectivity index (χ3n) is 6.58. The maximum absolute atomic E-state index is 13.7. The number of alkyl halides is 3. The van der Waals surface area contributed by atoms with E-state index in [-0.39, 0.29) is 29.7 Å². The minimum absolute atomic E-state index is 0.0765. The Labute approximate surface area is 164 Å². The molecule has 1 saturated carbocycles. The molecule has 1 amide bonds. The highest BCUT2D eigenvalue weighted by Crippen LogP contribution is 2.68. The largest absolute Gasteiger partial charge is 0.416 e. The summed E-state index contributed by atoms with van der Waals surface area (Å²) in [5.41, 5.74) is -0.123. The minimum Gasteiger partial charge on any atom is -0.373 e. The van der Waals surface area contributed by atoms with Crippen LogP contribution < -0.4 is 5.32 Å². The van der Waals surface area contributed by atoms with Crippen molar-refractivity contribution in [2.24, 2.45) is 23.7 Å². The second-order valence-corrected chi connectivity index (χ2v) is 8.11. The zero-order chi connectivity index (χ0) is 20.5. The molecule has 152 valence electrons. The SMILES string of the molecule is CC1C2C1[C@@H]1O[C@H]2[C@@H](C(=O)Nc2cccc(C(F)(F)F)c2)[C@H]1c1ccnc(F)c1. The minimum atomic E-state index is -4.50. The number of hydrogen-bond donors (Lipinski definition) is 1. The Kier molecular flexibility index (Phi) is 4.00. The number of fused-ring (bicyclic) bond motifs is 5. The molecule has 3 unspecified atom stereocenters. The first kappa shape index (κ1) is 18.5. The highest BCUT2D eigenvalue weighted by Gasteiger charge is 2.72. The first-order valence-corrected chi connectivity index (χ1v) is 9.51. The zero-order valence-electron chi connectivity index (χ0n) is 15.4. The second kappa shape index (κ2) is 6.26.